The van der Waals surface area contributed by atoms with Crippen molar-refractivity contribution in [2.45, 2.75) is 9.79 Å². The van der Waals surface area contributed by atoms with Gasteiger partial charge in [0.1, 0.15) is 0 Å². The van der Waals surface area contributed by atoms with Crippen LogP contribution in [0.5, 0.6) is 0 Å². The third kappa shape index (κ3) is 5.82. The summed E-state index contributed by atoms with van der Waals surface area (Å²) < 4.78 is 46.9. The number of nitro groups is 2. The van der Waals surface area contributed by atoms with Crippen LogP contribution in [-0.4, -0.2) is 44.1 Å². The Kier molecular flexibility index (Phi) is 7.25. The fourth-order valence-electron chi connectivity index (χ4n) is 2.31. The van der Waals surface area contributed by atoms with E-state index in [1.54, 1.807) is 12.2 Å². The minimum Gasteiger partial charge on any atom is -0.258 e. The number of non-ortho nitro benzene ring substituents is 2. The van der Waals surface area contributed by atoms with Crippen molar-refractivity contribution in [2.24, 2.45) is 0 Å². The van der Waals surface area contributed by atoms with Crippen LogP contribution >= 0.6 is 10.7 Å². The van der Waals surface area contributed by atoms with E-state index in [1.165, 1.54) is 40.7 Å². The topological polar surface area (TPSA) is 158 Å². The first-order chi connectivity index (χ1) is 13.9. The van der Waals surface area contributed by atoms with E-state index < -0.39 is 28.9 Å². The van der Waals surface area contributed by atoms with E-state index in [4.69, 9.17) is 10.7 Å². The number of hydrogen-bond acceptors (Lipinski definition) is 8. The zero-order chi connectivity index (χ0) is 22.5. The second-order valence-corrected chi connectivity index (χ2v) is 10.2. The number of benzene rings is 2. The summed E-state index contributed by atoms with van der Waals surface area (Å²) in [4.78, 5) is 19.2. The zero-order valence-electron chi connectivity index (χ0n) is 15.0. The molecule has 0 saturated heterocycles. The van der Waals surface area contributed by atoms with Crippen LogP contribution in [0.2, 0.25) is 0 Å². The Balaban J connectivity index is 0.000000222. The molecule has 0 amide bonds. The molecule has 0 N–H and O–H groups in total. The summed E-state index contributed by atoms with van der Waals surface area (Å²) in [6, 6.07) is 9.61. The van der Waals surface area contributed by atoms with Crippen LogP contribution in [0.25, 0.3) is 0 Å². The van der Waals surface area contributed by atoms with E-state index in [1.807, 2.05) is 0 Å². The van der Waals surface area contributed by atoms with Crippen molar-refractivity contribution in [3.05, 3.63) is 80.9 Å². The minimum absolute atomic E-state index is 0.0459. The fraction of sp³-hybridized carbons (Fsp3) is 0.125. The van der Waals surface area contributed by atoms with Crippen molar-refractivity contribution in [1.82, 2.24) is 4.31 Å². The van der Waals surface area contributed by atoms with Gasteiger partial charge in [0.25, 0.3) is 20.4 Å². The van der Waals surface area contributed by atoms with Crippen molar-refractivity contribution in [3.63, 3.8) is 0 Å². The molecule has 2 aromatic carbocycles. The molecule has 1 heterocycles. The quantitative estimate of drug-likeness (QED) is 0.276. The molecule has 11 nitrogen and oxygen atoms in total. The molecule has 14 heteroatoms. The number of nitro benzene ring substituents is 2. The predicted octanol–water partition coefficient (Wildman–Crippen LogP) is 2.68. The standard InChI is InChI=1S/C10H10N2O4S.C6H4ClNO4S/c13-12(14)9-4-3-5-10(8-9)17(15,16)11-6-1-2-7-11;7-13(11,12)6-3-1-2-5(4-6)8(9)10/h1-5,8H,6-7H2;1-4H. The maximum Gasteiger partial charge on any atom is 0.270 e. The summed E-state index contributed by atoms with van der Waals surface area (Å²) >= 11 is 0. The highest BCUT2D eigenvalue weighted by Gasteiger charge is 2.26. The molecule has 0 aromatic heterocycles. The van der Waals surface area contributed by atoms with Gasteiger partial charge in [-0.05, 0) is 12.1 Å². The van der Waals surface area contributed by atoms with Gasteiger partial charge >= 0.3 is 0 Å². The van der Waals surface area contributed by atoms with Gasteiger partial charge in [-0.2, -0.15) is 4.31 Å². The lowest BCUT2D eigenvalue weighted by atomic mass is 10.3. The van der Waals surface area contributed by atoms with E-state index in [-0.39, 0.29) is 21.2 Å². The third-order valence-electron chi connectivity index (χ3n) is 3.76. The zero-order valence-corrected chi connectivity index (χ0v) is 17.4. The Labute approximate surface area is 176 Å². The molecule has 0 unspecified atom stereocenters. The van der Waals surface area contributed by atoms with Gasteiger partial charge in [-0.3, -0.25) is 20.2 Å². The van der Waals surface area contributed by atoms with Gasteiger partial charge < -0.3 is 0 Å². The minimum atomic E-state index is -3.89. The van der Waals surface area contributed by atoms with Crippen molar-refractivity contribution in [2.75, 3.05) is 13.1 Å². The van der Waals surface area contributed by atoms with Gasteiger partial charge in [0.05, 0.1) is 19.6 Å². The first kappa shape index (κ1) is 23.4. The lowest BCUT2D eigenvalue weighted by Gasteiger charge is -2.15. The van der Waals surface area contributed by atoms with Gasteiger partial charge in [-0.15, -0.1) is 0 Å². The summed E-state index contributed by atoms with van der Waals surface area (Å²) in [5, 5.41) is 20.8. The monoisotopic (exact) mass is 475 g/mol. The van der Waals surface area contributed by atoms with Crippen molar-refractivity contribution in [1.29, 1.82) is 0 Å². The van der Waals surface area contributed by atoms with E-state index in [0.29, 0.717) is 13.1 Å². The largest absolute Gasteiger partial charge is 0.270 e. The molecule has 2 aromatic rings. The number of rotatable bonds is 5. The predicted molar refractivity (Wildman–Crippen MR) is 107 cm³/mol. The first-order valence-electron chi connectivity index (χ1n) is 8.01. The molecule has 0 saturated carbocycles. The van der Waals surface area contributed by atoms with E-state index >= 15 is 0 Å². The van der Waals surface area contributed by atoms with Gasteiger partial charge in [-0.25, -0.2) is 16.8 Å². The van der Waals surface area contributed by atoms with Gasteiger partial charge in [0, 0.05) is 48.0 Å². The summed E-state index contributed by atoms with van der Waals surface area (Å²) in [6.45, 7) is 0.621. The van der Waals surface area contributed by atoms with Crippen LogP contribution in [0, 0.1) is 20.2 Å². The molecule has 0 spiro atoms. The third-order valence-corrected chi connectivity index (χ3v) is 6.94. The highest BCUT2D eigenvalue weighted by atomic mass is 35.7. The van der Waals surface area contributed by atoms with Crippen LogP contribution in [0.3, 0.4) is 0 Å². The molecule has 160 valence electrons. The van der Waals surface area contributed by atoms with Crippen LogP contribution in [-0.2, 0) is 19.1 Å². The van der Waals surface area contributed by atoms with Gasteiger partial charge in [-0.1, -0.05) is 24.3 Å². The number of hydrogen-bond donors (Lipinski definition) is 0. The summed E-state index contributed by atoms with van der Waals surface area (Å²) in [5.41, 5.74) is -0.528. The fourth-order valence-corrected chi connectivity index (χ4v) is 4.48. The van der Waals surface area contributed by atoms with Crippen LogP contribution in [0.4, 0.5) is 11.4 Å². The highest BCUT2D eigenvalue weighted by molar-refractivity contribution is 8.13. The smallest absolute Gasteiger partial charge is 0.258 e. The molecule has 1 aliphatic rings. The van der Waals surface area contributed by atoms with E-state index in [2.05, 4.69) is 0 Å². The molecule has 1 aliphatic heterocycles. The molecule has 0 fully saturated rings. The van der Waals surface area contributed by atoms with E-state index in [0.717, 1.165) is 12.1 Å². The van der Waals surface area contributed by atoms with Crippen LogP contribution in [0.15, 0.2) is 70.5 Å². The summed E-state index contributed by atoms with van der Waals surface area (Å²) in [6.07, 6.45) is 3.49. The second-order valence-electron chi connectivity index (χ2n) is 5.74. The number of halogens is 1. The maximum atomic E-state index is 12.1. The normalized spacial score (nSPS) is 14.0. The number of nitrogens with zero attached hydrogens (tertiary/aromatic N) is 3. The molecule has 3 rings (SSSR count). The van der Waals surface area contributed by atoms with Gasteiger partial charge in [0.2, 0.25) is 10.0 Å². The molecule has 0 radical (unpaired) electrons. The molecular formula is C16H14ClN3O8S2. The lowest BCUT2D eigenvalue weighted by molar-refractivity contribution is -0.385. The Hall–Kier alpha value is -2.87. The molecule has 0 bridgehead atoms. The average Bonchev–Trinajstić information content (AvgIpc) is 3.24. The first-order valence-corrected chi connectivity index (χ1v) is 11.8. The molecule has 0 atom stereocenters. The Bertz CT molecular complexity index is 1200. The van der Waals surface area contributed by atoms with Crippen LogP contribution < -0.4 is 0 Å². The molecule has 30 heavy (non-hydrogen) atoms. The maximum absolute atomic E-state index is 12.1. The summed E-state index contributed by atoms with van der Waals surface area (Å²) in [5.74, 6) is 0. The molecule has 0 aliphatic carbocycles. The Morgan fingerprint density at radius 3 is 1.67 bits per heavy atom. The van der Waals surface area contributed by atoms with Crippen molar-refractivity contribution >= 4 is 41.1 Å². The van der Waals surface area contributed by atoms with Crippen molar-refractivity contribution < 1.29 is 26.7 Å². The Morgan fingerprint density at radius 1 is 0.800 bits per heavy atom. The average molecular weight is 476 g/mol. The highest BCUT2D eigenvalue weighted by Crippen LogP contribution is 2.22. The Morgan fingerprint density at radius 2 is 1.23 bits per heavy atom. The number of sulfonamides is 1. The van der Waals surface area contributed by atoms with Crippen LogP contribution in [0.1, 0.15) is 0 Å². The summed E-state index contributed by atoms with van der Waals surface area (Å²) in [7, 11) is -2.53. The lowest BCUT2D eigenvalue weighted by Crippen LogP contribution is -2.28. The molecular weight excluding hydrogens is 462 g/mol. The SMILES string of the molecule is O=[N+]([O-])c1cccc(S(=O)(=O)Cl)c1.O=[N+]([O-])c1cccc(S(=O)(=O)N2CC=CC2)c1. The van der Waals surface area contributed by atoms with E-state index in [9.17, 15) is 37.1 Å². The van der Waals surface area contributed by atoms with Gasteiger partial charge in [0.15, 0.2) is 0 Å². The van der Waals surface area contributed by atoms with Crippen molar-refractivity contribution in [3.8, 4) is 0 Å². The second kappa shape index (κ2) is 9.30.